The number of ether oxygens (including phenoxy) is 1. The zero-order chi connectivity index (χ0) is 22.1. The van der Waals surface area contributed by atoms with Crippen LogP contribution in [-0.4, -0.2) is 50.7 Å². The SMILES string of the molecule is CCCCNC(=O)c1c(NC(=O)C2CC2)sc2c1CC(NCCCOCCNN)CC2. The van der Waals surface area contributed by atoms with Crippen LogP contribution in [0.3, 0.4) is 0 Å². The fourth-order valence-electron chi connectivity index (χ4n) is 3.83. The Morgan fingerprint density at radius 3 is 2.71 bits per heavy atom. The molecule has 8 nitrogen and oxygen atoms in total. The molecule has 1 heterocycles. The molecule has 0 aliphatic heterocycles. The molecule has 2 amide bonds. The van der Waals surface area contributed by atoms with E-state index in [9.17, 15) is 9.59 Å². The molecule has 6 N–H and O–H groups in total. The van der Waals surface area contributed by atoms with Crippen molar-refractivity contribution in [3.63, 3.8) is 0 Å². The van der Waals surface area contributed by atoms with Gasteiger partial charge in [-0.1, -0.05) is 13.3 Å². The number of thiophene rings is 1. The van der Waals surface area contributed by atoms with Crippen molar-refractivity contribution in [2.24, 2.45) is 11.8 Å². The van der Waals surface area contributed by atoms with Crippen molar-refractivity contribution in [1.82, 2.24) is 16.1 Å². The predicted molar refractivity (Wildman–Crippen MR) is 124 cm³/mol. The van der Waals surface area contributed by atoms with Crippen LogP contribution >= 0.6 is 11.3 Å². The lowest BCUT2D eigenvalue weighted by atomic mass is 9.91. The average Bonchev–Trinajstić information content (AvgIpc) is 3.55. The number of hydrogen-bond acceptors (Lipinski definition) is 7. The van der Waals surface area contributed by atoms with E-state index in [1.54, 1.807) is 11.3 Å². The summed E-state index contributed by atoms with van der Waals surface area (Å²) in [6.07, 6.45) is 7.62. The second kappa shape index (κ2) is 12.5. The van der Waals surface area contributed by atoms with Crippen LogP contribution in [-0.2, 0) is 22.4 Å². The Kier molecular flexibility index (Phi) is 9.73. The van der Waals surface area contributed by atoms with Gasteiger partial charge in [0.05, 0.1) is 12.2 Å². The minimum Gasteiger partial charge on any atom is -0.380 e. The van der Waals surface area contributed by atoms with Crippen LogP contribution < -0.4 is 27.2 Å². The van der Waals surface area contributed by atoms with Crippen molar-refractivity contribution in [2.75, 3.05) is 38.2 Å². The maximum Gasteiger partial charge on any atom is 0.254 e. The lowest BCUT2D eigenvalue weighted by Gasteiger charge is -2.24. The molecule has 0 spiro atoms. The van der Waals surface area contributed by atoms with Crippen LogP contribution in [0.5, 0.6) is 0 Å². The molecule has 2 aliphatic carbocycles. The van der Waals surface area contributed by atoms with E-state index in [4.69, 9.17) is 10.6 Å². The summed E-state index contributed by atoms with van der Waals surface area (Å²) in [4.78, 5) is 26.6. The van der Waals surface area contributed by atoms with Gasteiger partial charge in [0.1, 0.15) is 5.00 Å². The zero-order valence-electron chi connectivity index (χ0n) is 18.6. The van der Waals surface area contributed by atoms with Crippen LogP contribution in [0.4, 0.5) is 5.00 Å². The Balaban J connectivity index is 1.60. The van der Waals surface area contributed by atoms with Crippen molar-refractivity contribution >= 4 is 28.2 Å². The molecular formula is C22H37N5O3S. The van der Waals surface area contributed by atoms with Crippen molar-refractivity contribution in [2.45, 2.75) is 64.3 Å². The number of nitrogens with two attached hydrogens (primary N) is 1. The van der Waals surface area contributed by atoms with E-state index in [2.05, 4.69) is 28.3 Å². The van der Waals surface area contributed by atoms with Gasteiger partial charge in [0, 0.05) is 36.5 Å². The molecule has 31 heavy (non-hydrogen) atoms. The maximum atomic E-state index is 13.0. The predicted octanol–water partition coefficient (Wildman–Crippen LogP) is 1.94. The molecule has 1 atom stereocenters. The lowest BCUT2D eigenvalue weighted by molar-refractivity contribution is -0.117. The molecule has 1 fully saturated rings. The molecule has 9 heteroatoms. The Morgan fingerprint density at radius 2 is 1.97 bits per heavy atom. The van der Waals surface area contributed by atoms with Gasteiger partial charge >= 0.3 is 0 Å². The molecule has 0 saturated heterocycles. The van der Waals surface area contributed by atoms with E-state index in [0.29, 0.717) is 37.9 Å². The third kappa shape index (κ3) is 7.25. The fraction of sp³-hybridized carbons (Fsp3) is 0.727. The second-order valence-corrected chi connectivity index (χ2v) is 9.50. The molecule has 1 aromatic heterocycles. The number of hydrazine groups is 1. The molecule has 0 bridgehead atoms. The highest BCUT2D eigenvalue weighted by Gasteiger charge is 2.33. The summed E-state index contributed by atoms with van der Waals surface area (Å²) in [5.41, 5.74) is 4.37. The van der Waals surface area contributed by atoms with Gasteiger partial charge in [0.15, 0.2) is 0 Å². The number of unbranched alkanes of at least 4 members (excludes halogenated alkanes) is 1. The topological polar surface area (TPSA) is 118 Å². The number of nitrogens with one attached hydrogen (secondary N) is 4. The highest BCUT2D eigenvalue weighted by Crippen LogP contribution is 2.39. The number of carbonyl (C=O) groups is 2. The number of hydrogen-bond donors (Lipinski definition) is 5. The zero-order valence-corrected chi connectivity index (χ0v) is 19.4. The van der Waals surface area contributed by atoms with Crippen LogP contribution in [0.25, 0.3) is 0 Å². The minimum atomic E-state index is -0.0559. The summed E-state index contributed by atoms with van der Waals surface area (Å²) >= 11 is 1.59. The Bertz CT molecular complexity index is 735. The standard InChI is InChI=1S/C22H37N5O3S/c1-2-3-9-25-21(29)19-17-14-16(24-10-4-12-30-13-11-26-23)7-8-18(17)31-22(19)27-20(28)15-5-6-15/h15-16,24,26H,2-14,23H2,1H3,(H,25,29)(H,27,28). The van der Waals surface area contributed by atoms with Crippen molar-refractivity contribution in [1.29, 1.82) is 0 Å². The Hall–Kier alpha value is -1.52. The highest BCUT2D eigenvalue weighted by atomic mass is 32.1. The van der Waals surface area contributed by atoms with Crippen molar-refractivity contribution in [3.05, 3.63) is 16.0 Å². The van der Waals surface area contributed by atoms with Crippen LogP contribution in [0, 0.1) is 5.92 Å². The fourth-order valence-corrected chi connectivity index (χ4v) is 5.07. The summed E-state index contributed by atoms with van der Waals surface area (Å²) in [7, 11) is 0. The first-order chi connectivity index (χ1) is 15.1. The number of fused-ring (bicyclic) bond motifs is 1. The Morgan fingerprint density at radius 1 is 1.13 bits per heavy atom. The summed E-state index contributed by atoms with van der Waals surface area (Å²) in [5.74, 6) is 5.34. The van der Waals surface area contributed by atoms with Crippen molar-refractivity contribution in [3.8, 4) is 0 Å². The number of aryl methyl sites for hydroxylation is 1. The molecule has 174 valence electrons. The summed E-state index contributed by atoms with van der Waals surface area (Å²) in [6, 6.07) is 0.335. The van der Waals surface area contributed by atoms with Crippen LogP contribution in [0.15, 0.2) is 0 Å². The second-order valence-electron chi connectivity index (χ2n) is 8.39. The summed E-state index contributed by atoms with van der Waals surface area (Å²) in [5, 5.41) is 10.5. The smallest absolute Gasteiger partial charge is 0.254 e. The monoisotopic (exact) mass is 451 g/mol. The number of anilines is 1. The van der Waals surface area contributed by atoms with Crippen LogP contribution in [0.1, 0.15) is 66.2 Å². The van der Waals surface area contributed by atoms with E-state index in [1.807, 2.05) is 0 Å². The third-order valence-electron chi connectivity index (χ3n) is 5.78. The quantitative estimate of drug-likeness (QED) is 0.168. The van der Waals surface area contributed by atoms with Gasteiger partial charge in [0.2, 0.25) is 5.91 Å². The van der Waals surface area contributed by atoms with Gasteiger partial charge in [-0.3, -0.25) is 20.9 Å². The largest absolute Gasteiger partial charge is 0.380 e. The van der Waals surface area contributed by atoms with Gasteiger partial charge in [-0.05, 0) is 57.1 Å². The first kappa shape index (κ1) is 24.1. The molecule has 1 unspecified atom stereocenters. The molecule has 0 aromatic carbocycles. The van der Waals surface area contributed by atoms with Gasteiger partial charge < -0.3 is 20.7 Å². The van der Waals surface area contributed by atoms with E-state index in [0.717, 1.165) is 68.5 Å². The number of amides is 2. The van der Waals surface area contributed by atoms with Crippen LogP contribution in [0.2, 0.25) is 0 Å². The van der Waals surface area contributed by atoms with E-state index < -0.39 is 0 Å². The highest BCUT2D eigenvalue weighted by molar-refractivity contribution is 7.17. The average molecular weight is 452 g/mol. The summed E-state index contributed by atoms with van der Waals surface area (Å²) < 4.78 is 5.51. The van der Waals surface area contributed by atoms with Gasteiger partial charge in [-0.2, -0.15) is 0 Å². The first-order valence-electron chi connectivity index (χ1n) is 11.6. The Labute approximate surface area is 189 Å². The maximum absolute atomic E-state index is 13.0. The number of rotatable bonds is 14. The first-order valence-corrected chi connectivity index (χ1v) is 12.4. The molecule has 0 radical (unpaired) electrons. The molecule has 3 rings (SSSR count). The minimum absolute atomic E-state index is 0.0559. The molecule has 1 aromatic rings. The normalized spacial score (nSPS) is 17.9. The van der Waals surface area contributed by atoms with Gasteiger partial charge in [0.25, 0.3) is 5.91 Å². The summed E-state index contributed by atoms with van der Waals surface area (Å²) in [6.45, 7) is 5.62. The van der Waals surface area contributed by atoms with E-state index in [1.165, 1.54) is 4.88 Å². The van der Waals surface area contributed by atoms with E-state index in [-0.39, 0.29) is 17.7 Å². The van der Waals surface area contributed by atoms with Gasteiger partial charge in [-0.15, -0.1) is 11.3 Å². The third-order valence-corrected chi connectivity index (χ3v) is 6.99. The molecule has 2 aliphatic rings. The molecular weight excluding hydrogens is 414 g/mol. The van der Waals surface area contributed by atoms with Crippen molar-refractivity contribution < 1.29 is 14.3 Å². The number of carbonyl (C=O) groups excluding carboxylic acids is 2. The van der Waals surface area contributed by atoms with E-state index >= 15 is 0 Å². The molecule has 1 saturated carbocycles. The lowest BCUT2D eigenvalue weighted by Crippen LogP contribution is -2.36. The van der Waals surface area contributed by atoms with Gasteiger partial charge in [-0.25, -0.2) is 0 Å².